The van der Waals surface area contributed by atoms with Crippen LogP contribution >= 0.6 is 12.3 Å². The number of azo groups is 2. The van der Waals surface area contributed by atoms with Gasteiger partial charge < -0.3 is 25.8 Å². The van der Waals surface area contributed by atoms with Crippen molar-refractivity contribution in [1.29, 1.82) is 0 Å². The summed E-state index contributed by atoms with van der Waals surface area (Å²) in [4.78, 5) is 1.99. The summed E-state index contributed by atoms with van der Waals surface area (Å²) in [5, 5.41) is 28.0. The molecule has 1 aromatic heterocycles. The number of hydrogen-bond acceptors (Lipinski definition) is 23. The van der Waals surface area contributed by atoms with E-state index in [4.69, 9.17) is 11.5 Å². The second kappa shape index (κ2) is 22.0. The fraction of sp³-hybridized carbons (Fsp3) is 0.190. The zero-order chi connectivity index (χ0) is 35.8. The summed E-state index contributed by atoms with van der Waals surface area (Å²) < 4.78 is 129. The number of aromatic nitrogens is 1. The Morgan fingerprint density at radius 2 is 1.20 bits per heavy atom. The number of pyridine rings is 1. The van der Waals surface area contributed by atoms with Crippen LogP contribution in [0.3, 0.4) is 0 Å². The molecule has 51 heavy (non-hydrogen) atoms. The first kappa shape index (κ1) is 50.3. The molecule has 2 aromatic carbocycles. The predicted molar refractivity (Wildman–Crippen MR) is 158 cm³/mol. The van der Waals surface area contributed by atoms with E-state index >= 15 is 0 Å². The van der Waals surface area contributed by atoms with Gasteiger partial charge in [-0.3, -0.25) is 13.4 Å². The van der Waals surface area contributed by atoms with Gasteiger partial charge in [0.25, 0.3) is 0 Å². The van der Waals surface area contributed by atoms with Crippen LogP contribution in [-0.4, -0.2) is 72.5 Å². The van der Waals surface area contributed by atoms with E-state index in [0.717, 1.165) is 30.3 Å². The van der Waals surface area contributed by atoms with Crippen LogP contribution in [0.2, 0.25) is 0 Å². The van der Waals surface area contributed by atoms with E-state index in [-0.39, 0.29) is 135 Å². The Morgan fingerprint density at radius 1 is 0.686 bits per heavy atom. The van der Waals surface area contributed by atoms with Crippen molar-refractivity contribution in [2.45, 2.75) is 14.7 Å². The van der Waals surface area contributed by atoms with Gasteiger partial charge in [0.05, 0.1) is 45.1 Å². The molecule has 0 aliphatic heterocycles. The summed E-state index contributed by atoms with van der Waals surface area (Å²) in [7, 11) is -18.6. The van der Waals surface area contributed by atoms with Crippen molar-refractivity contribution in [2.24, 2.45) is 20.5 Å². The molecular weight excluding hydrogens is 820 g/mol. The Balaban J connectivity index is 0.00000833. The molecule has 0 saturated heterocycles. The predicted octanol–water partition coefficient (Wildman–Crippen LogP) is -8.18. The molecule has 22 nitrogen and oxygen atoms in total. The second-order valence-electron chi connectivity index (χ2n) is 8.67. The van der Waals surface area contributed by atoms with Gasteiger partial charge >= 0.3 is 88.7 Å². The number of nitrogens with two attached hydrogens (primary N) is 2. The largest absolute Gasteiger partial charge is 1.00 e. The molecule has 0 amide bonds. The Kier molecular flexibility index (Phi) is 21.7. The molecule has 30 heteroatoms. The minimum Gasteiger partial charge on any atom is -0.744 e. The SMILES string of the molecule is Nc1nc(N)c(N=Nc2ccc(S(=O)(=O)CCOSOO[O-])cc2S(=O)(=O)[O-])cc1N=Nc1ccc(S(=O)(=O)CCOS(=O)(=O)[O-])cc1.[Na+].[Na+].[Na+]. The van der Waals surface area contributed by atoms with Gasteiger partial charge in [0, 0.05) is 6.07 Å². The summed E-state index contributed by atoms with van der Waals surface area (Å²) in [6.07, 6.45) is 0. The van der Waals surface area contributed by atoms with Gasteiger partial charge in [-0.15, -0.1) is 19.7 Å². The molecule has 0 aliphatic carbocycles. The van der Waals surface area contributed by atoms with Crippen LogP contribution in [0.15, 0.2) is 83.7 Å². The maximum Gasteiger partial charge on any atom is 1.00 e. The minimum atomic E-state index is -5.30. The molecule has 0 saturated carbocycles. The van der Waals surface area contributed by atoms with Crippen LogP contribution in [0, 0.1) is 0 Å². The van der Waals surface area contributed by atoms with Gasteiger partial charge in [-0.2, -0.15) is 5.11 Å². The zero-order valence-corrected chi connectivity index (χ0v) is 36.6. The van der Waals surface area contributed by atoms with Crippen molar-refractivity contribution in [2.75, 3.05) is 36.2 Å². The van der Waals surface area contributed by atoms with Gasteiger partial charge in [0.2, 0.25) is 10.4 Å². The molecule has 0 unspecified atom stereocenters. The molecule has 0 spiro atoms. The quantitative estimate of drug-likeness (QED) is 0.0186. The van der Waals surface area contributed by atoms with E-state index in [2.05, 4.69) is 43.2 Å². The number of nitrogens with zero attached hydrogens (tertiary/aromatic N) is 5. The number of nitrogen functional groups attached to an aromatic ring is 2. The van der Waals surface area contributed by atoms with Gasteiger partial charge in [-0.25, -0.2) is 38.7 Å². The number of sulfone groups is 2. The van der Waals surface area contributed by atoms with Gasteiger partial charge in [-0.1, -0.05) is 0 Å². The van der Waals surface area contributed by atoms with Crippen molar-refractivity contribution >= 4 is 86.9 Å². The van der Waals surface area contributed by atoms with Crippen LogP contribution in [0.1, 0.15) is 0 Å². The molecular formula is C21H20N7Na3O15S5. The fourth-order valence-electron chi connectivity index (χ4n) is 3.28. The van der Waals surface area contributed by atoms with E-state index in [1.54, 1.807) is 0 Å². The number of rotatable bonds is 17. The Hall–Kier alpha value is -0.740. The minimum absolute atomic E-state index is 0. The smallest absolute Gasteiger partial charge is 0.744 e. The topological polar surface area (TPSA) is 357 Å². The third kappa shape index (κ3) is 16.3. The molecule has 1 heterocycles. The van der Waals surface area contributed by atoms with Gasteiger partial charge in [0.1, 0.15) is 27.2 Å². The van der Waals surface area contributed by atoms with Gasteiger partial charge in [0.15, 0.2) is 43.6 Å². The third-order valence-corrected chi connectivity index (χ3v) is 10.5. The van der Waals surface area contributed by atoms with E-state index in [9.17, 15) is 48.0 Å². The molecule has 0 radical (unpaired) electrons. The summed E-state index contributed by atoms with van der Waals surface area (Å²) in [6, 6.07) is 8.30. The van der Waals surface area contributed by atoms with Crippen molar-refractivity contribution in [1.82, 2.24) is 4.98 Å². The Morgan fingerprint density at radius 3 is 1.75 bits per heavy atom. The molecule has 0 atom stereocenters. The molecule has 0 fully saturated rings. The Labute approximate surface area is 361 Å². The van der Waals surface area contributed by atoms with Crippen molar-refractivity contribution in [3.63, 3.8) is 0 Å². The monoisotopic (exact) mass is 839 g/mol. The summed E-state index contributed by atoms with van der Waals surface area (Å²) >= 11 is 0.0586. The molecule has 262 valence electrons. The summed E-state index contributed by atoms with van der Waals surface area (Å²) in [6.45, 7) is -1.39. The molecule has 3 rings (SSSR count). The summed E-state index contributed by atoms with van der Waals surface area (Å²) in [5.41, 5.74) is 10.8. The zero-order valence-electron chi connectivity index (χ0n) is 26.5. The Bertz CT molecular complexity index is 2140. The van der Waals surface area contributed by atoms with Crippen molar-refractivity contribution in [3.8, 4) is 0 Å². The van der Waals surface area contributed by atoms with Crippen molar-refractivity contribution in [3.05, 3.63) is 48.5 Å². The van der Waals surface area contributed by atoms with E-state index in [1.165, 1.54) is 12.1 Å². The summed E-state index contributed by atoms with van der Waals surface area (Å²) in [5.74, 6) is -2.05. The number of anilines is 2. The average molecular weight is 840 g/mol. The first-order chi connectivity index (χ1) is 22.3. The van der Waals surface area contributed by atoms with Crippen LogP contribution < -0.4 is 105 Å². The van der Waals surface area contributed by atoms with Crippen molar-refractivity contribution < 1.29 is 154 Å². The molecule has 0 aliphatic rings. The van der Waals surface area contributed by atoms with Crippen LogP contribution in [0.5, 0.6) is 0 Å². The third-order valence-electron chi connectivity index (χ3n) is 5.45. The molecule has 4 N–H and O–H groups in total. The molecule has 3 aromatic rings. The second-order valence-corrected chi connectivity index (χ2v) is 15.8. The van der Waals surface area contributed by atoms with E-state index in [1.807, 2.05) is 0 Å². The van der Waals surface area contributed by atoms with Crippen LogP contribution in [-0.2, 0) is 57.9 Å². The van der Waals surface area contributed by atoms with Gasteiger partial charge in [-0.05, 0) is 42.5 Å². The molecule has 0 bridgehead atoms. The first-order valence-electron chi connectivity index (χ1n) is 12.2. The van der Waals surface area contributed by atoms with Crippen LogP contribution in [0.25, 0.3) is 0 Å². The number of hydrogen-bond donors (Lipinski definition) is 2. The van der Waals surface area contributed by atoms with Crippen LogP contribution in [0.4, 0.5) is 34.4 Å². The number of benzene rings is 2. The van der Waals surface area contributed by atoms with E-state index in [0.29, 0.717) is 6.07 Å². The maximum atomic E-state index is 12.6. The standard InChI is InChI=1S/C21H23N7O15S5.3Na/c22-20-17(27-25-13-1-3-14(4-2-13)45(30,31)10-8-41-48(37,38)39)12-18(21(23)24-20)28-26-16-6-5-15(11-19(16)47(34,35)36)46(32,33)9-7-40-44-43-42-29;;;/h1-6,11-12,29H,7-10H2,(H4,22,23,24)(H,34,35,36)(H,37,38,39);;;/q;3*+1/p-3. The fourth-order valence-corrected chi connectivity index (χ4v) is 6.91. The average Bonchev–Trinajstić information content (AvgIpc) is 2.99. The normalized spacial score (nSPS) is 12.3. The van der Waals surface area contributed by atoms with E-state index < -0.39 is 80.4 Å². The first-order valence-corrected chi connectivity index (χ1v) is 18.9. The maximum absolute atomic E-state index is 12.6.